The molecule has 5 nitrogen and oxygen atoms in total. The summed E-state index contributed by atoms with van der Waals surface area (Å²) in [4.78, 5) is 0. The minimum atomic E-state index is -4.69. The Kier molecular flexibility index (Phi) is 6.42. The number of rotatable bonds is 8. The molecule has 0 atom stereocenters. The molecule has 186 valence electrons. The van der Waals surface area contributed by atoms with Gasteiger partial charge in [-0.15, -0.1) is 0 Å². The third-order valence-electron chi connectivity index (χ3n) is 5.59. The van der Waals surface area contributed by atoms with Crippen LogP contribution in [-0.4, -0.2) is 26.7 Å². The van der Waals surface area contributed by atoms with E-state index in [1.54, 1.807) is 0 Å². The van der Waals surface area contributed by atoms with Crippen LogP contribution in [0.2, 0.25) is 0 Å². The molecule has 0 amide bonds. The first-order valence-corrected chi connectivity index (χ1v) is 10.2. The van der Waals surface area contributed by atoms with Crippen LogP contribution in [0, 0.1) is 28.7 Å². The molecule has 0 saturated carbocycles. The predicted molar refractivity (Wildman–Crippen MR) is 101 cm³/mol. The van der Waals surface area contributed by atoms with Crippen molar-refractivity contribution >= 4 is 0 Å². The first-order valence-electron chi connectivity index (χ1n) is 10.2. The van der Waals surface area contributed by atoms with Crippen molar-refractivity contribution in [3.05, 3.63) is 58.7 Å². The molecule has 2 aromatic rings. The summed E-state index contributed by atoms with van der Waals surface area (Å²) in [6.07, 6.45) is -3.13. The second kappa shape index (κ2) is 8.90. The highest BCUT2D eigenvalue weighted by atomic mass is 19.3. The highest BCUT2D eigenvalue weighted by molar-refractivity contribution is 5.36. The van der Waals surface area contributed by atoms with Crippen molar-refractivity contribution in [2.24, 2.45) is 5.41 Å². The van der Waals surface area contributed by atoms with Gasteiger partial charge in [0.05, 0.1) is 19.8 Å². The lowest BCUT2D eigenvalue weighted by atomic mass is 9.83. The molecule has 0 N–H and O–H groups in total. The summed E-state index contributed by atoms with van der Waals surface area (Å²) in [7, 11) is 0. The van der Waals surface area contributed by atoms with Gasteiger partial charge < -0.3 is 23.7 Å². The molecule has 0 radical (unpaired) electrons. The Labute approximate surface area is 189 Å². The zero-order valence-corrected chi connectivity index (χ0v) is 17.7. The van der Waals surface area contributed by atoms with Crippen LogP contribution in [0.5, 0.6) is 11.5 Å². The van der Waals surface area contributed by atoms with Crippen LogP contribution >= 0.6 is 0 Å². The second-order valence-corrected chi connectivity index (χ2v) is 8.08. The summed E-state index contributed by atoms with van der Waals surface area (Å²) >= 11 is 0. The summed E-state index contributed by atoms with van der Waals surface area (Å²) in [6.45, 7) is 0.941. The average molecular weight is 496 g/mol. The van der Waals surface area contributed by atoms with Gasteiger partial charge in [-0.3, -0.25) is 0 Å². The molecule has 3 aliphatic rings. The largest absolute Gasteiger partial charge is 0.457 e. The van der Waals surface area contributed by atoms with Gasteiger partial charge in [-0.1, -0.05) is 13.3 Å². The summed E-state index contributed by atoms with van der Waals surface area (Å²) in [5.41, 5.74) is -2.54. The van der Waals surface area contributed by atoms with E-state index in [4.69, 9.17) is 14.2 Å². The molecule has 5 rings (SSSR count). The standard InChI is InChI=1S/C22H19F7O5/c1-2-3-20-8-31-22(32-9-20,33-10-20)12-4-14(24)18(15(25)5-12)21(28,29)34-13-6-16(26)19(30-11-23)17(27)7-13/h4-7H,2-3,8-11H2,1H3. The number of hydrogen-bond acceptors (Lipinski definition) is 5. The molecular weight excluding hydrogens is 477 g/mol. The number of alkyl halides is 3. The number of benzene rings is 2. The fourth-order valence-electron chi connectivity index (χ4n) is 4.01. The maximum atomic E-state index is 14.7. The van der Waals surface area contributed by atoms with Crippen LogP contribution in [0.1, 0.15) is 30.9 Å². The van der Waals surface area contributed by atoms with Gasteiger partial charge in [0.15, 0.2) is 17.4 Å². The predicted octanol–water partition coefficient (Wildman–Crippen LogP) is 5.65. The second-order valence-electron chi connectivity index (χ2n) is 8.08. The van der Waals surface area contributed by atoms with Gasteiger partial charge in [-0.2, -0.15) is 8.78 Å². The molecule has 3 fully saturated rings. The monoisotopic (exact) mass is 496 g/mol. The Morgan fingerprint density at radius 3 is 1.88 bits per heavy atom. The van der Waals surface area contributed by atoms with E-state index in [1.807, 2.05) is 6.92 Å². The van der Waals surface area contributed by atoms with E-state index in [1.165, 1.54) is 0 Å². The van der Waals surface area contributed by atoms with Crippen molar-refractivity contribution in [3.8, 4) is 11.5 Å². The number of fused-ring (bicyclic) bond motifs is 3. The van der Waals surface area contributed by atoms with Gasteiger partial charge in [-0.05, 0) is 18.6 Å². The van der Waals surface area contributed by atoms with Crippen molar-refractivity contribution in [1.82, 2.24) is 0 Å². The third kappa shape index (κ3) is 4.29. The maximum absolute atomic E-state index is 14.7. The van der Waals surface area contributed by atoms with E-state index in [9.17, 15) is 30.7 Å². The van der Waals surface area contributed by atoms with Gasteiger partial charge in [0.2, 0.25) is 6.86 Å². The van der Waals surface area contributed by atoms with E-state index in [0.717, 1.165) is 12.8 Å². The van der Waals surface area contributed by atoms with Gasteiger partial charge in [-0.25, -0.2) is 22.0 Å². The van der Waals surface area contributed by atoms with Gasteiger partial charge in [0, 0.05) is 23.1 Å². The van der Waals surface area contributed by atoms with Gasteiger partial charge in [0.1, 0.15) is 22.9 Å². The van der Waals surface area contributed by atoms with Crippen LogP contribution in [0.15, 0.2) is 24.3 Å². The quantitative estimate of drug-likeness (QED) is 0.442. The summed E-state index contributed by atoms with van der Waals surface area (Å²) in [5.74, 6) is -10.8. The lowest BCUT2D eigenvalue weighted by Crippen LogP contribution is -2.58. The van der Waals surface area contributed by atoms with E-state index < -0.39 is 64.7 Å². The molecule has 0 aliphatic carbocycles. The van der Waals surface area contributed by atoms with Crippen LogP contribution in [0.4, 0.5) is 30.7 Å². The Morgan fingerprint density at radius 1 is 0.882 bits per heavy atom. The fraction of sp³-hybridized carbons (Fsp3) is 0.455. The molecule has 0 aromatic heterocycles. The molecule has 3 saturated heterocycles. The Morgan fingerprint density at radius 2 is 1.41 bits per heavy atom. The van der Waals surface area contributed by atoms with Crippen molar-refractivity contribution in [1.29, 1.82) is 0 Å². The van der Waals surface area contributed by atoms with Crippen LogP contribution in [-0.2, 0) is 26.3 Å². The zero-order chi connectivity index (χ0) is 24.7. The van der Waals surface area contributed by atoms with E-state index >= 15 is 0 Å². The lowest BCUT2D eigenvalue weighted by Gasteiger charge is -2.51. The molecular formula is C22H19F7O5. The Balaban J connectivity index is 1.60. The number of halogens is 7. The van der Waals surface area contributed by atoms with Crippen LogP contribution < -0.4 is 9.47 Å². The molecule has 0 spiro atoms. The van der Waals surface area contributed by atoms with Gasteiger partial charge >= 0.3 is 12.1 Å². The highest BCUT2D eigenvalue weighted by Gasteiger charge is 2.54. The maximum Gasteiger partial charge on any atom is 0.432 e. The first kappa shape index (κ1) is 24.6. The topological polar surface area (TPSA) is 46.2 Å². The number of hydrogen-bond donors (Lipinski definition) is 0. The smallest absolute Gasteiger partial charge is 0.432 e. The highest BCUT2D eigenvalue weighted by Crippen LogP contribution is 2.47. The fourth-order valence-corrected chi connectivity index (χ4v) is 4.01. The Bertz CT molecular complexity index is 1010. The van der Waals surface area contributed by atoms with Crippen molar-refractivity contribution in [3.63, 3.8) is 0 Å². The SMILES string of the molecule is CCCC12COC(c3cc(F)c(C(F)(F)Oc4cc(F)c(OCF)c(F)c4)c(F)c3)(OC1)OC2. The number of ether oxygens (including phenoxy) is 5. The van der Waals surface area contributed by atoms with E-state index in [2.05, 4.69) is 9.47 Å². The van der Waals surface area contributed by atoms with Crippen molar-refractivity contribution < 1.29 is 54.4 Å². The summed E-state index contributed by atoms with van der Waals surface area (Å²) in [5, 5.41) is 0. The molecule has 3 heterocycles. The third-order valence-corrected chi connectivity index (χ3v) is 5.59. The average Bonchev–Trinajstić information content (AvgIpc) is 2.76. The van der Waals surface area contributed by atoms with Crippen molar-refractivity contribution in [2.75, 3.05) is 26.7 Å². The molecule has 2 aromatic carbocycles. The summed E-state index contributed by atoms with van der Waals surface area (Å²) in [6, 6.07) is 1.61. The van der Waals surface area contributed by atoms with Crippen molar-refractivity contribution in [2.45, 2.75) is 31.8 Å². The zero-order valence-electron chi connectivity index (χ0n) is 17.7. The molecule has 2 bridgehead atoms. The minimum absolute atomic E-state index is 0.185. The van der Waals surface area contributed by atoms with Crippen LogP contribution in [0.3, 0.4) is 0 Å². The van der Waals surface area contributed by atoms with Gasteiger partial charge in [0.25, 0.3) is 0 Å². The van der Waals surface area contributed by atoms with E-state index in [-0.39, 0.29) is 37.5 Å². The molecule has 34 heavy (non-hydrogen) atoms. The first-order chi connectivity index (χ1) is 16.0. The molecule has 0 unspecified atom stereocenters. The van der Waals surface area contributed by atoms with E-state index in [0.29, 0.717) is 12.1 Å². The molecule has 3 aliphatic heterocycles. The normalized spacial score (nSPS) is 24.4. The summed E-state index contributed by atoms with van der Waals surface area (Å²) < 4.78 is 124. The lowest BCUT2D eigenvalue weighted by molar-refractivity contribution is -0.480. The Hall–Kier alpha value is -2.57. The van der Waals surface area contributed by atoms with Crippen LogP contribution in [0.25, 0.3) is 0 Å². The minimum Gasteiger partial charge on any atom is -0.457 e. The molecule has 12 heteroatoms.